The topological polar surface area (TPSA) is 43.8 Å². The van der Waals surface area contributed by atoms with Crippen molar-refractivity contribution in [3.63, 3.8) is 0 Å². The molecule has 1 heterocycles. The lowest BCUT2D eigenvalue weighted by atomic mass is 10.2. The Bertz CT molecular complexity index is 795. The van der Waals surface area contributed by atoms with E-state index in [0.29, 0.717) is 22.4 Å². The molecule has 0 spiro atoms. The predicted molar refractivity (Wildman–Crippen MR) is 81.7 cm³/mol. The molecule has 0 saturated heterocycles. The Morgan fingerprint density at radius 2 is 2.10 bits per heavy atom. The van der Waals surface area contributed by atoms with Gasteiger partial charge in [0.05, 0.1) is 21.1 Å². The zero-order chi connectivity index (χ0) is 14.3. The molecule has 0 aliphatic carbocycles. The molecule has 0 radical (unpaired) electrons. The summed E-state index contributed by atoms with van der Waals surface area (Å²) in [6.07, 6.45) is 0. The van der Waals surface area contributed by atoms with Crippen LogP contribution in [0.15, 0.2) is 40.9 Å². The molecule has 102 valence electrons. The first-order valence-electron chi connectivity index (χ1n) is 6.21. The monoisotopic (exact) mass is 333 g/mol. The summed E-state index contributed by atoms with van der Waals surface area (Å²) in [5.74, 6) is 0.304. The number of aryl methyl sites for hydroxylation is 1. The van der Waals surface area contributed by atoms with E-state index in [-0.39, 0.29) is 5.82 Å². The standard InChI is InChI=1S/C15H13BrFN3/c1-20-13-6-5-9(8-18)7-12(13)19-15(20)10-3-2-4-11(16)14(10)17/h2-7H,8,18H2,1H3. The van der Waals surface area contributed by atoms with E-state index in [9.17, 15) is 4.39 Å². The maximum atomic E-state index is 14.2. The van der Waals surface area contributed by atoms with Crippen LogP contribution in [0.3, 0.4) is 0 Å². The van der Waals surface area contributed by atoms with Gasteiger partial charge in [0.1, 0.15) is 11.6 Å². The summed E-state index contributed by atoms with van der Waals surface area (Å²) < 4.78 is 16.5. The first-order valence-corrected chi connectivity index (χ1v) is 7.01. The lowest BCUT2D eigenvalue weighted by Gasteiger charge is -2.05. The molecule has 2 N–H and O–H groups in total. The van der Waals surface area contributed by atoms with Crippen molar-refractivity contribution in [3.05, 3.63) is 52.3 Å². The number of aromatic nitrogens is 2. The van der Waals surface area contributed by atoms with Crippen molar-refractivity contribution >= 4 is 27.0 Å². The SMILES string of the molecule is Cn1c(-c2cccc(Br)c2F)nc2cc(CN)ccc21. The Balaban J connectivity index is 2.26. The van der Waals surface area contributed by atoms with Gasteiger partial charge in [0.2, 0.25) is 0 Å². The minimum Gasteiger partial charge on any atom is -0.327 e. The number of fused-ring (bicyclic) bond motifs is 1. The third kappa shape index (κ3) is 2.03. The van der Waals surface area contributed by atoms with E-state index in [1.807, 2.05) is 29.8 Å². The van der Waals surface area contributed by atoms with Crippen molar-refractivity contribution in [3.8, 4) is 11.4 Å². The number of imidazole rings is 1. The number of nitrogens with zero attached hydrogens (tertiary/aromatic N) is 2. The molecular formula is C15H13BrFN3. The number of hydrogen-bond acceptors (Lipinski definition) is 2. The normalized spacial score (nSPS) is 11.2. The van der Waals surface area contributed by atoms with Gasteiger partial charge in [-0.15, -0.1) is 0 Å². The summed E-state index contributed by atoms with van der Waals surface area (Å²) in [6, 6.07) is 11.1. The molecule has 0 bridgehead atoms. The molecule has 0 aliphatic rings. The number of hydrogen-bond donors (Lipinski definition) is 1. The molecule has 3 aromatic rings. The van der Waals surface area contributed by atoms with Gasteiger partial charge in [0.25, 0.3) is 0 Å². The zero-order valence-electron chi connectivity index (χ0n) is 10.9. The van der Waals surface area contributed by atoms with Gasteiger partial charge in [-0.1, -0.05) is 12.1 Å². The van der Waals surface area contributed by atoms with Crippen molar-refractivity contribution < 1.29 is 4.39 Å². The van der Waals surface area contributed by atoms with Crippen LogP contribution in [0.1, 0.15) is 5.56 Å². The van der Waals surface area contributed by atoms with Crippen LogP contribution in [-0.4, -0.2) is 9.55 Å². The lowest BCUT2D eigenvalue weighted by molar-refractivity contribution is 0.622. The maximum absolute atomic E-state index is 14.2. The minimum atomic E-state index is -0.301. The van der Waals surface area contributed by atoms with Crippen molar-refractivity contribution in [1.29, 1.82) is 0 Å². The molecule has 0 unspecified atom stereocenters. The van der Waals surface area contributed by atoms with Gasteiger partial charge in [0.15, 0.2) is 0 Å². The summed E-state index contributed by atoms with van der Waals surface area (Å²) in [5.41, 5.74) is 8.91. The van der Waals surface area contributed by atoms with Crippen LogP contribution in [0.2, 0.25) is 0 Å². The van der Waals surface area contributed by atoms with Crippen molar-refractivity contribution in [2.75, 3.05) is 0 Å². The highest BCUT2D eigenvalue weighted by atomic mass is 79.9. The molecular weight excluding hydrogens is 321 g/mol. The van der Waals surface area contributed by atoms with Gasteiger partial charge in [-0.3, -0.25) is 0 Å². The molecule has 3 nitrogen and oxygen atoms in total. The number of nitrogens with two attached hydrogens (primary N) is 1. The maximum Gasteiger partial charge on any atom is 0.148 e. The Kier molecular flexibility index (Phi) is 3.31. The Labute approximate surface area is 124 Å². The van der Waals surface area contributed by atoms with Gasteiger partial charge < -0.3 is 10.3 Å². The Morgan fingerprint density at radius 3 is 2.85 bits per heavy atom. The summed E-state index contributed by atoms with van der Waals surface area (Å²) in [7, 11) is 1.88. The summed E-state index contributed by atoms with van der Waals surface area (Å²) in [5, 5.41) is 0. The molecule has 1 aromatic heterocycles. The van der Waals surface area contributed by atoms with Crippen LogP contribution in [0, 0.1) is 5.82 Å². The Hall–Kier alpha value is -1.72. The molecule has 0 atom stereocenters. The second-order valence-electron chi connectivity index (χ2n) is 4.62. The largest absolute Gasteiger partial charge is 0.327 e. The van der Waals surface area contributed by atoms with E-state index < -0.39 is 0 Å². The highest BCUT2D eigenvalue weighted by molar-refractivity contribution is 9.10. The number of rotatable bonds is 2. The number of halogens is 2. The van der Waals surface area contributed by atoms with Crippen LogP contribution in [0.25, 0.3) is 22.4 Å². The predicted octanol–water partition coefficient (Wildman–Crippen LogP) is 3.60. The molecule has 0 fully saturated rings. The van der Waals surface area contributed by atoms with Crippen LogP contribution in [-0.2, 0) is 13.6 Å². The van der Waals surface area contributed by atoms with Gasteiger partial charge in [-0.05, 0) is 45.8 Å². The van der Waals surface area contributed by atoms with Crippen molar-refractivity contribution in [1.82, 2.24) is 9.55 Å². The van der Waals surface area contributed by atoms with E-state index >= 15 is 0 Å². The quantitative estimate of drug-likeness (QED) is 0.778. The minimum absolute atomic E-state index is 0.301. The average Bonchev–Trinajstić information content (AvgIpc) is 2.78. The first kappa shape index (κ1) is 13.3. The fourth-order valence-corrected chi connectivity index (χ4v) is 2.66. The van der Waals surface area contributed by atoms with Crippen LogP contribution in [0.5, 0.6) is 0 Å². The molecule has 0 saturated carbocycles. The lowest BCUT2D eigenvalue weighted by Crippen LogP contribution is -1.96. The summed E-state index contributed by atoms with van der Waals surface area (Å²) in [4.78, 5) is 4.54. The zero-order valence-corrected chi connectivity index (χ0v) is 12.5. The summed E-state index contributed by atoms with van der Waals surface area (Å²) in [6.45, 7) is 0.465. The molecule has 0 amide bonds. The summed E-state index contributed by atoms with van der Waals surface area (Å²) >= 11 is 3.21. The van der Waals surface area contributed by atoms with Gasteiger partial charge in [-0.2, -0.15) is 0 Å². The fraction of sp³-hybridized carbons (Fsp3) is 0.133. The van der Waals surface area contributed by atoms with Crippen LogP contribution >= 0.6 is 15.9 Å². The fourth-order valence-electron chi connectivity index (χ4n) is 2.29. The molecule has 0 aliphatic heterocycles. The smallest absolute Gasteiger partial charge is 0.148 e. The molecule has 3 rings (SSSR count). The molecule has 20 heavy (non-hydrogen) atoms. The van der Waals surface area contributed by atoms with Crippen LogP contribution in [0.4, 0.5) is 4.39 Å². The average molecular weight is 334 g/mol. The second kappa shape index (κ2) is 5.00. The number of benzene rings is 2. The van der Waals surface area contributed by atoms with Crippen molar-refractivity contribution in [2.45, 2.75) is 6.54 Å². The highest BCUT2D eigenvalue weighted by Crippen LogP contribution is 2.29. The van der Waals surface area contributed by atoms with E-state index in [4.69, 9.17) is 5.73 Å². The van der Waals surface area contributed by atoms with Gasteiger partial charge >= 0.3 is 0 Å². The van der Waals surface area contributed by atoms with Crippen molar-refractivity contribution in [2.24, 2.45) is 12.8 Å². The highest BCUT2D eigenvalue weighted by Gasteiger charge is 2.15. The van der Waals surface area contributed by atoms with Gasteiger partial charge in [-0.25, -0.2) is 9.37 Å². The second-order valence-corrected chi connectivity index (χ2v) is 5.48. The van der Waals surface area contributed by atoms with E-state index in [1.54, 1.807) is 18.2 Å². The first-order chi connectivity index (χ1) is 9.61. The third-order valence-corrected chi connectivity index (χ3v) is 3.99. The van der Waals surface area contributed by atoms with E-state index in [2.05, 4.69) is 20.9 Å². The van der Waals surface area contributed by atoms with E-state index in [1.165, 1.54) is 0 Å². The molecule has 5 heteroatoms. The third-order valence-electron chi connectivity index (χ3n) is 3.37. The van der Waals surface area contributed by atoms with E-state index in [0.717, 1.165) is 16.6 Å². The van der Waals surface area contributed by atoms with Crippen LogP contribution < -0.4 is 5.73 Å². The Morgan fingerprint density at radius 1 is 1.30 bits per heavy atom. The van der Waals surface area contributed by atoms with Gasteiger partial charge in [0, 0.05) is 13.6 Å². The molecule has 2 aromatic carbocycles.